The number of aromatic amines is 1. The van der Waals surface area contributed by atoms with Crippen molar-refractivity contribution >= 4 is 45.9 Å². The highest BCUT2D eigenvalue weighted by Crippen LogP contribution is 2.33. The van der Waals surface area contributed by atoms with Crippen molar-refractivity contribution in [3.8, 4) is 0 Å². The summed E-state index contributed by atoms with van der Waals surface area (Å²) in [6, 6.07) is 3.86. The first-order valence-corrected chi connectivity index (χ1v) is 12.4. The first-order chi connectivity index (χ1) is 16.5. The Balaban J connectivity index is 1.48. The van der Waals surface area contributed by atoms with Crippen molar-refractivity contribution in [1.29, 1.82) is 0 Å². The number of carbonyl (C=O) groups is 2. The second-order valence-electron chi connectivity index (χ2n) is 9.98. The third-order valence-electron chi connectivity index (χ3n) is 6.50. The number of nitrogens with one attached hydrogen (secondary N) is 2. The number of amides is 2. The first-order valence-electron chi connectivity index (χ1n) is 11.6. The van der Waals surface area contributed by atoms with Gasteiger partial charge in [0, 0.05) is 48.7 Å². The number of likely N-dealkylation sites (tertiary alicyclic amines) is 1. The molecule has 1 aliphatic rings. The van der Waals surface area contributed by atoms with E-state index in [1.165, 1.54) is 6.08 Å². The second-order valence-corrected chi connectivity index (χ2v) is 10.7. The number of imidazole rings is 1. The van der Waals surface area contributed by atoms with Crippen LogP contribution in [-0.2, 0) is 30.1 Å². The number of fused-ring (bicyclic) bond motifs is 1. The Morgan fingerprint density at radius 1 is 1.29 bits per heavy atom. The number of nitrogens with zero attached hydrogens (tertiary/aromatic N) is 4. The van der Waals surface area contributed by atoms with Gasteiger partial charge in [0.2, 0.25) is 5.91 Å². The largest absolute Gasteiger partial charge is 0.346 e. The zero-order valence-corrected chi connectivity index (χ0v) is 21.9. The van der Waals surface area contributed by atoms with Crippen molar-refractivity contribution in [1.82, 2.24) is 30.0 Å². The average Bonchev–Trinajstić information content (AvgIpc) is 3.48. The molecule has 1 atom stereocenters. The molecule has 186 valence electrons. The molecule has 0 aliphatic carbocycles. The number of benzene rings is 1. The number of H-pyrrole nitrogens is 1. The first kappa shape index (κ1) is 25.3. The summed E-state index contributed by atoms with van der Waals surface area (Å²) in [5.41, 5.74) is 3.08. The highest BCUT2D eigenvalue weighted by Gasteiger charge is 2.29. The standard InChI is InChI=1S/C25H30Cl2N6O2/c1-6-21(34)33-10-9-14(13-33)28-24(35)22-23(27)29-20(32(22)5)8-7-18-15-11-16(25(2,3)4)17(26)12-19(15)31-30-18/h6,11-12,14H,1,7-10,13H2,2-5H3,(H,28,35)(H,30,31)/t14-/m1/s1. The molecule has 3 heterocycles. The number of rotatable bonds is 6. The lowest BCUT2D eigenvalue weighted by atomic mass is 9.86. The maximum atomic E-state index is 13.0. The lowest BCUT2D eigenvalue weighted by Crippen LogP contribution is -2.39. The SMILES string of the molecule is C=CC(=O)N1CC[C@@H](NC(=O)c2c(Cl)nc(CCc3[nH]nc4cc(Cl)c(C(C)(C)C)cc34)n2C)C1. The molecule has 2 N–H and O–H groups in total. The maximum absolute atomic E-state index is 13.0. The summed E-state index contributed by atoms with van der Waals surface area (Å²) >= 11 is 12.9. The van der Waals surface area contributed by atoms with Gasteiger partial charge in [0.05, 0.1) is 5.52 Å². The van der Waals surface area contributed by atoms with E-state index in [1.54, 1.807) is 16.5 Å². The van der Waals surface area contributed by atoms with E-state index in [-0.39, 0.29) is 28.4 Å². The van der Waals surface area contributed by atoms with E-state index in [1.807, 2.05) is 6.07 Å². The van der Waals surface area contributed by atoms with Crippen molar-refractivity contribution in [3.05, 3.63) is 57.7 Å². The molecule has 2 amide bonds. The smallest absolute Gasteiger partial charge is 0.271 e. The monoisotopic (exact) mass is 516 g/mol. The second kappa shape index (κ2) is 9.66. The van der Waals surface area contributed by atoms with Crippen LogP contribution in [0.25, 0.3) is 10.9 Å². The van der Waals surface area contributed by atoms with Gasteiger partial charge in [-0.1, -0.05) is 50.6 Å². The molecule has 0 unspecified atom stereocenters. The molecule has 2 aromatic heterocycles. The molecule has 4 rings (SSSR count). The minimum absolute atomic E-state index is 0.0927. The summed E-state index contributed by atoms with van der Waals surface area (Å²) in [4.78, 5) is 30.9. The van der Waals surface area contributed by atoms with E-state index < -0.39 is 0 Å². The van der Waals surface area contributed by atoms with Crippen LogP contribution in [0.4, 0.5) is 0 Å². The van der Waals surface area contributed by atoms with Crippen LogP contribution in [0.2, 0.25) is 10.2 Å². The summed E-state index contributed by atoms with van der Waals surface area (Å²) in [7, 11) is 1.79. The minimum Gasteiger partial charge on any atom is -0.346 e. The normalized spacial score (nSPS) is 16.2. The Morgan fingerprint density at radius 2 is 2.03 bits per heavy atom. The van der Waals surface area contributed by atoms with Crippen molar-refractivity contribution in [2.75, 3.05) is 13.1 Å². The van der Waals surface area contributed by atoms with Gasteiger partial charge >= 0.3 is 0 Å². The Bertz CT molecular complexity index is 1300. The molecular formula is C25H30Cl2N6O2. The van der Waals surface area contributed by atoms with Crippen LogP contribution in [0.1, 0.15) is 54.8 Å². The molecule has 0 spiro atoms. The molecule has 0 bridgehead atoms. The van der Waals surface area contributed by atoms with Crippen molar-refractivity contribution < 1.29 is 9.59 Å². The lowest BCUT2D eigenvalue weighted by molar-refractivity contribution is -0.125. The maximum Gasteiger partial charge on any atom is 0.271 e. The Morgan fingerprint density at radius 3 is 2.71 bits per heavy atom. The van der Waals surface area contributed by atoms with Gasteiger partial charge in [-0.15, -0.1) is 0 Å². The van der Waals surface area contributed by atoms with Crippen molar-refractivity contribution in [3.63, 3.8) is 0 Å². The van der Waals surface area contributed by atoms with E-state index in [0.29, 0.717) is 48.9 Å². The van der Waals surface area contributed by atoms with Crippen LogP contribution < -0.4 is 5.32 Å². The van der Waals surface area contributed by atoms with Gasteiger partial charge in [-0.2, -0.15) is 5.10 Å². The Hall–Kier alpha value is -2.84. The third kappa shape index (κ3) is 5.09. The summed E-state index contributed by atoms with van der Waals surface area (Å²) in [5.74, 6) is 0.263. The molecule has 1 saturated heterocycles. The summed E-state index contributed by atoms with van der Waals surface area (Å²) < 4.78 is 1.73. The molecule has 0 saturated carbocycles. The zero-order chi connectivity index (χ0) is 25.5. The molecule has 1 fully saturated rings. The van der Waals surface area contributed by atoms with Gasteiger partial charge < -0.3 is 14.8 Å². The molecule has 1 aromatic carbocycles. The molecule has 10 heteroatoms. The van der Waals surface area contributed by atoms with Crippen molar-refractivity contribution in [2.24, 2.45) is 7.05 Å². The van der Waals surface area contributed by atoms with Gasteiger partial charge in [0.15, 0.2) is 5.15 Å². The minimum atomic E-state index is -0.300. The molecule has 0 radical (unpaired) electrons. The zero-order valence-electron chi connectivity index (χ0n) is 20.4. The van der Waals surface area contributed by atoms with Gasteiger partial charge in [0.1, 0.15) is 11.5 Å². The predicted molar refractivity (Wildman–Crippen MR) is 138 cm³/mol. The van der Waals surface area contributed by atoms with Gasteiger partial charge in [0.25, 0.3) is 5.91 Å². The summed E-state index contributed by atoms with van der Waals surface area (Å²) in [5, 5.41) is 12.4. The van der Waals surface area contributed by atoms with E-state index in [0.717, 1.165) is 22.2 Å². The molecule has 35 heavy (non-hydrogen) atoms. The molecule has 1 aliphatic heterocycles. The lowest BCUT2D eigenvalue weighted by Gasteiger charge is -2.20. The summed E-state index contributed by atoms with van der Waals surface area (Å²) in [6.07, 6.45) is 3.18. The van der Waals surface area contributed by atoms with Gasteiger partial charge in [-0.05, 0) is 42.0 Å². The topological polar surface area (TPSA) is 95.9 Å². The van der Waals surface area contributed by atoms with Crippen molar-refractivity contribution in [2.45, 2.75) is 51.5 Å². The number of carbonyl (C=O) groups excluding carboxylic acids is 2. The number of aryl methyl sites for hydroxylation is 2. The number of halogens is 2. The van der Waals surface area contributed by atoms with Crippen LogP contribution in [0, 0.1) is 0 Å². The average molecular weight is 517 g/mol. The van der Waals surface area contributed by atoms with Gasteiger partial charge in [-0.3, -0.25) is 14.7 Å². The highest BCUT2D eigenvalue weighted by molar-refractivity contribution is 6.32. The Kier molecular flexibility index (Phi) is 6.97. The fourth-order valence-corrected chi connectivity index (χ4v) is 5.28. The number of hydrogen-bond donors (Lipinski definition) is 2. The molecule has 8 nitrogen and oxygen atoms in total. The number of aromatic nitrogens is 4. The highest BCUT2D eigenvalue weighted by atomic mass is 35.5. The third-order valence-corrected chi connectivity index (χ3v) is 7.07. The van der Waals surface area contributed by atoms with E-state index in [2.05, 4.69) is 53.9 Å². The quantitative estimate of drug-likeness (QED) is 0.479. The Labute approximate surface area is 214 Å². The van der Waals surface area contributed by atoms with E-state index >= 15 is 0 Å². The van der Waals surface area contributed by atoms with Crippen LogP contribution in [0.3, 0.4) is 0 Å². The fraction of sp³-hybridized carbons (Fsp3) is 0.440. The molecular weight excluding hydrogens is 487 g/mol. The van der Waals surface area contributed by atoms with Crippen LogP contribution in [0.5, 0.6) is 0 Å². The summed E-state index contributed by atoms with van der Waals surface area (Å²) in [6.45, 7) is 10.9. The predicted octanol–water partition coefficient (Wildman–Crippen LogP) is 4.20. The van der Waals surface area contributed by atoms with Crippen LogP contribution >= 0.6 is 23.2 Å². The van der Waals surface area contributed by atoms with Crippen LogP contribution in [-0.4, -0.2) is 55.6 Å². The van der Waals surface area contributed by atoms with Gasteiger partial charge in [-0.25, -0.2) is 4.98 Å². The van der Waals surface area contributed by atoms with E-state index in [4.69, 9.17) is 23.2 Å². The number of hydrogen-bond acceptors (Lipinski definition) is 4. The van der Waals surface area contributed by atoms with E-state index in [9.17, 15) is 9.59 Å². The fourth-order valence-electron chi connectivity index (χ4n) is 4.53. The molecule has 3 aromatic rings. The van der Waals surface area contributed by atoms with Crippen LogP contribution in [0.15, 0.2) is 24.8 Å².